The summed E-state index contributed by atoms with van der Waals surface area (Å²) in [6.45, 7) is 2.65. The van der Waals surface area contributed by atoms with Crippen molar-refractivity contribution >= 4 is 23.2 Å². The quantitative estimate of drug-likeness (QED) is 0.879. The Labute approximate surface area is 111 Å². The summed E-state index contributed by atoms with van der Waals surface area (Å²) in [6, 6.07) is 7.23. The minimum atomic E-state index is -0.255. The third-order valence-corrected chi connectivity index (χ3v) is 3.61. The lowest BCUT2D eigenvalue weighted by Gasteiger charge is -2.28. The highest BCUT2D eigenvalue weighted by molar-refractivity contribution is 6.32. The number of anilines is 1. The van der Waals surface area contributed by atoms with Gasteiger partial charge in [0.05, 0.1) is 22.5 Å². The minimum absolute atomic E-state index is 0.0593. The average Bonchev–Trinajstić information content (AvgIpc) is 2.72. The lowest BCUT2D eigenvalue weighted by atomic mass is 9.94. The molecular formula is C13H14ClN3O. The van der Waals surface area contributed by atoms with Crippen LogP contribution in [0.3, 0.4) is 0 Å². The zero-order chi connectivity index (χ0) is 13.2. The van der Waals surface area contributed by atoms with Crippen molar-refractivity contribution in [3.8, 4) is 6.07 Å². The second kappa shape index (κ2) is 4.87. The van der Waals surface area contributed by atoms with E-state index in [2.05, 4.69) is 10.6 Å². The number of hydrogen-bond acceptors (Lipinski definition) is 3. The highest BCUT2D eigenvalue weighted by atomic mass is 35.5. The molecule has 0 aromatic heterocycles. The first-order chi connectivity index (χ1) is 8.58. The Morgan fingerprint density at radius 2 is 2.39 bits per heavy atom. The van der Waals surface area contributed by atoms with Crippen LogP contribution in [0.4, 0.5) is 5.69 Å². The van der Waals surface area contributed by atoms with E-state index >= 15 is 0 Å². The molecule has 1 atom stereocenters. The van der Waals surface area contributed by atoms with E-state index in [1.54, 1.807) is 12.1 Å². The highest BCUT2D eigenvalue weighted by Crippen LogP contribution is 2.28. The Balaban J connectivity index is 2.21. The monoisotopic (exact) mass is 263 g/mol. The Bertz CT molecular complexity index is 523. The van der Waals surface area contributed by atoms with Gasteiger partial charge in [0.15, 0.2) is 0 Å². The van der Waals surface area contributed by atoms with Crippen LogP contribution in [0, 0.1) is 11.3 Å². The van der Waals surface area contributed by atoms with E-state index in [0.29, 0.717) is 23.6 Å². The number of benzene rings is 1. The summed E-state index contributed by atoms with van der Waals surface area (Å²) >= 11 is 5.99. The van der Waals surface area contributed by atoms with Crippen LogP contribution in [0.2, 0.25) is 5.02 Å². The van der Waals surface area contributed by atoms with E-state index in [9.17, 15) is 4.79 Å². The van der Waals surface area contributed by atoms with E-state index in [4.69, 9.17) is 16.9 Å². The van der Waals surface area contributed by atoms with Gasteiger partial charge in [-0.05, 0) is 24.6 Å². The molecule has 0 unspecified atom stereocenters. The zero-order valence-corrected chi connectivity index (χ0v) is 10.8. The van der Waals surface area contributed by atoms with Gasteiger partial charge < -0.3 is 10.6 Å². The third-order valence-electron chi connectivity index (χ3n) is 3.30. The lowest BCUT2D eigenvalue weighted by molar-refractivity contribution is -0.119. The number of halogens is 1. The molecule has 1 fully saturated rings. The number of amides is 1. The van der Waals surface area contributed by atoms with Crippen LogP contribution in [0.25, 0.3) is 0 Å². The van der Waals surface area contributed by atoms with Crippen LogP contribution in [0.1, 0.15) is 25.3 Å². The first-order valence-electron chi connectivity index (χ1n) is 5.83. The Hall–Kier alpha value is -1.73. The van der Waals surface area contributed by atoms with Gasteiger partial charge in [0.1, 0.15) is 6.07 Å². The molecule has 18 heavy (non-hydrogen) atoms. The summed E-state index contributed by atoms with van der Waals surface area (Å²) in [5.74, 6) is 0.0593. The van der Waals surface area contributed by atoms with Gasteiger partial charge in [-0.3, -0.25) is 4.79 Å². The fourth-order valence-corrected chi connectivity index (χ4v) is 2.34. The Morgan fingerprint density at radius 1 is 1.61 bits per heavy atom. The Morgan fingerprint density at radius 3 is 2.89 bits per heavy atom. The predicted molar refractivity (Wildman–Crippen MR) is 70.4 cm³/mol. The van der Waals surface area contributed by atoms with Crippen LogP contribution in [-0.4, -0.2) is 18.0 Å². The molecule has 1 aromatic rings. The van der Waals surface area contributed by atoms with Crippen molar-refractivity contribution in [1.29, 1.82) is 5.26 Å². The van der Waals surface area contributed by atoms with Crippen LogP contribution in [0.15, 0.2) is 18.2 Å². The zero-order valence-electron chi connectivity index (χ0n) is 10.1. The van der Waals surface area contributed by atoms with Gasteiger partial charge >= 0.3 is 0 Å². The maximum absolute atomic E-state index is 11.4. The molecule has 4 nitrogen and oxygen atoms in total. The van der Waals surface area contributed by atoms with Crippen LogP contribution < -0.4 is 10.6 Å². The molecule has 2 N–H and O–H groups in total. The van der Waals surface area contributed by atoms with Gasteiger partial charge in [0, 0.05) is 12.2 Å². The average molecular weight is 264 g/mol. The second-order valence-corrected chi connectivity index (χ2v) is 4.93. The topological polar surface area (TPSA) is 64.9 Å². The number of nitrogens with zero attached hydrogens (tertiary/aromatic N) is 1. The molecule has 1 heterocycles. The molecule has 0 aliphatic carbocycles. The SMILES string of the molecule is CC[C@@]1(Nc2ccc(C#N)c(Cl)c2)CNC(=O)C1. The Kier molecular flexibility index (Phi) is 3.44. The lowest BCUT2D eigenvalue weighted by Crippen LogP contribution is -2.39. The summed E-state index contributed by atoms with van der Waals surface area (Å²) in [7, 11) is 0. The number of rotatable bonds is 3. The molecule has 5 heteroatoms. The van der Waals surface area contributed by atoms with Crippen LogP contribution in [-0.2, 0) is 4.79 Å². The van der Waals surface area contributed by atoms with Crippen LogP contribution >= 0.6 is 11.6 Å². The largest absolute Gasteiger partial charge is 0.377 e. The van der Waals surface area contributed by atoms with Crippen molar-refractivity contribution in [2.45, 2.75) is 25.3 Å². The smallest absolute Gasteiger partial charge is 0.222 e. The third kappa shape index (κ3) is 2.41. The maximum Gasteiger partial charge on any atom is 0.222 e. The summed E-state index contributed by atoms with van der Waals surface area (Å²) < 4.78 is 0. The van der Waals surface area contributed by atoms with Gasteiger partial charge in [0.25, 0.3) is 0 Å². The molecule has 1 saturated heterocycles. The molecule has 1 aromatic carbocycles. The van der Waals surface area contributed by atoms with E-state index < -0.39 is 0 Å². The summed E-state index contributed by atoms with van der Waals surface area (Å²) in [5, 5.41) is 15.4. The van der Waals surface area contributed by atoms with E-state index in [1.807, 2.05) is 19.1 Å². The van der Waals surface area contributed by atoms with Gasteiger partial charge in [-0.1, -0.05) is 18.5 Å². The van der Waals surface area contributed by atoms with E-state index in [1.165, 1.54) is 0 Å². The fourth-order valence-electron chi connectivity index (χ4n) is 2.12. The van der Waals surface area contributed by atoms with Crippen molar-refractivity contribution in [1.82, 2.24) is 5.32 Å². The maximum atomic E-state index is 11.4. The molecule has 0 bridgehead atoms. The number of nitriles is 1. The standard InChI is InChI=1S/C13H14ClN3O/c1-2-13(6-12(18)16-8-13)17-10-4-3-9(7-15)11(14)5-10/h3-5,17H,2,6,8H2,1H3,(H,16,18)/t13-/m0/s1. The summed E-state index contributed by atoms with van der Waals surface area (Å²) in [6.07, 6.45) is 1.30. The molecule has 1 aliphatic heterocycles. The van der Waals surface area contributed by atoms with Crippen molar-refractivity contribution in [3.05, 3.63) is 28.8 Å². The van der Waals surface area contributed by atoms with Crippen molar-refractivity contribution in [3.63, 3.8) is 0 Å². The minimum Gasteiger partial charge on any atom is -0.377 e. The highest BCUT2D eigenvalue weighted by Gasteiger charge is 2.36. The van der Waals surface area contributed by atoms with Crippen molar-refractivity contribution in [2.24, 2.45) is 0 Å². The summed E-state index contributed by atoms with van der Waals surface area (Å²) in [4.78, 5) is 11.4. The summed E-state index contributed by atoms with van der Waals surface area (Å²) in [5.41, 5.74) is 1.03. The molecule has 1 amide bonds. The molecule has 2 rings (SSSR count). The van der Waals surface area contributed by atoms with E-state index in [-0.39, 0.29) is 11.4 Å². The molecule has 0 saturated carbocycles. The van der Waals surface area contributed by atoms with Gasteiger partial charge in [-0.2, -0.15) is 5.26 Å². The predicted octanol–water partition coefficient (Wildman–Crippen LogP) is 2.29. The number of carbonyl (C=O) groups is 1. The van der Waals surface area contributed by atoms with Gasteiger partial charge in [0.2, 0.25) is 5.91 Å². The normalized spacial score (nSPS) is 22.4. The first kappa shape index (κ1) is 12.7. The van der Waals surface area contributed by atoms with Crippen molar-refractivity contribution < 1.29 is 4.79 Å². The molecule has 0 spiro atoms. The molecule has 0 radical (unpaired) electrons. The number of hydrogen-bond donors (Lipinski definition) is 2. The molecule has 94 valence electrons. The fraction of sp³-hybridized carbons (Fsp3) is 0.385. The van der Waals surface area contributed by atoms with Crippen molar-refractivity contribution in [2.75, 3.05) is 11.9 Å². The molecular weight excluding hydrogens is 250 g/mol. The van der Waals surface area contributed by atoms with Gasteiger partial charge in [-0.25, -0.2) is 0 Å². The van der Waals surface area contributed by atoms with Gasteiger partial charge in [-0.15, -0.1) is 0 Å². The number of nitrogens with one attached hydrogen (secondary N) is 2. The second-order valence-electron chi connectivity index (χ2n) is 4.52. The van der Waals surface area contributed by atoms with E-state index in [0.717, 1.165) is 12.1 Å². The molecule has 1 aliphatic rings. The number of carbonyl (C=O) groups excluding carboxylic acids is 1. The first-order valence-corrected chi connectivity index (χ1v) is 6.21. The van der Waals surface area contributed by atoms with Crippen LogP contribution in [0.5, 0.6) is 0 Å².